The zero-order valence-electron chi connectivity index (χ0n) is 16.1. The Morgan fingerprint density at radius 3 is 2.52 bits per heavy atom. The van der Waals surface area contributed by atoms with Crippen molar-refractivity contribution in [2.24, 2.45) is 34.5 Å². The van der Waals surface area contributed by atoms with E-state index in [4.69, 9.17) is 0 Å². The smallest absolute Gasteiger partial charge is 0.161 e. The maximum Gasteiger partial charge on any atom is 0.161 e. The predicted octanol–water partition coefficient (Wildman–Crippen LogP) is 4.08. The number of fused-ring (bicyclic) bond motifs is 5. The maximum absolute atomic E-state index is 12.3. The topological polar surface area (TPSA) is 54.4 Å². The first-order valence-electron chi connectivity index (χ1n) is 10.1. The summed E-state index contributed by atoms with van der Waals surface area (Å²) in [4.78, 5) is 24.3. The molecule has 3 fully saturated rings. The third-order valence-electron chi connectivity index (χ3n) is 9.01. The third kappa shape index (κ3) is 2.08. The molecule has 0 amide bonds. The Hall–Kier alpha value is -0.960. The van der Waals surface area contributed by atoms with Gasteiger partial charge in [0.15, 0.2) is 11.6 Å². The molecule has 0 aliphatic heterocycles. The molecule has 0 spiro atoms. The number of carbonyl (C=O) groups excluding carboxylic acids is 2. The van der Waals surface area contributed by atoms with Crippen LogP contribution in [0.1, 0.15) is 72.6 Å². The van der Waals surface area contributed by atoms with E-state index < -0.39 is 5.60 Å². The Morgan fingerprint density at radius 1 is 1.16 bits per heavy atom. The standard InChI is InChI=1S/C22H32O3/c1-13-11-16-17(20(3)8-5-15(24)12-19(13)20)6-9-21(4)18(16)7-10-22(21,25)14(2)23/h12-13,16-18,25H,5-11H2,1-4H3/t13-,16+,17+,18+,20+,21-,22-/m0/s1. The van der Waals surface area contributed by atoms with Crippen LogP contribution in [-0.2, 0) is 9.59 Å². The van der Waals surface area contributed by atoms with Crippen LogP contribution in [0.2, 0.25) is 0 Å². The van der Waals surface area contributed by atoms with E-state index in [1.807, 2.05) is 6.08 Å². The van der Waals surface area contributed by atoms with E-state index in [0.29, 0.717) is 42.3 Å². The average molecular weight is 344 g/mol. The highest BCUT2D eigenvalue weighted by molar-refractivity contribution is 5.91. The molecular weight excluding hydrogens is 312 g/mol. The summed E-state index contributed by atoms with van der Waals surface area (Å²) in [6, 6.07) is 0. The number of ketones is 2. The molecule has 4 aliphatic rings. The number of aliphatic hydroxyl groups is 1. The molecule has 0 saturated heterocycles. The fraction of sp³-hybridized carbons (Fsp3) is 0.818. The molecule has 25 heavy (non-hydrogen) atoms. The van der Waals surface area contributed by atoms with Crippen LogP contribution < -0.4 is 0 Å². The van der Waals surface area contributed by atoms with Crippen LogP contribution >= 0.6 is 0 Å². The summed E-state index contributed by atoms with van der Waals surface area (Å²) < 4.78 is 0. The second-order valence-corrected chi connectivity index (χ2v) is 9.91. The van der Waals surface area contributed by atoms with Crippen molar-refractivity contribution in [3.8, 4) is 0 Å². The van der Waals surface area contributed by atoms with Gasteiger partial charge in [0.25, 0.3) is 0 Å². The maximum atomic E-state index is 12.3. The van der Waals surface area contributed by atoms with Gasteiger partial charge in [0.1, 0.15) is 5.60 Å². The number of carbonyl (C=O) groups is 2. The van der Waals surface area contributed by atoms with Crippen molar-refractivity contribution < 1.29 is 14.7 Å². The van der Waals surface area contributed by atoms with E-state index in [2.05, 4.69) is 20.8 Å². The van der Waals surface area contributed by atoms with Crippen molar-refractivity contribution in [2.75, 3.05) is 0 Å². The zero-order chi connectivity index (χ0) is 18.2. The first-order valence-corrected chi connectivity index (χ1v) is 10.1. The van der Waals surface area contributed by atoms with Gasteiger partial charge in [-0.3, -0.25) is 9.59 Å². The van der Waals surface area contributed by atoms with Crippen LogP contribution in [0.15, 0.2) is 11.6 Å². The van der Waals surface area contributed by atoms with Gasteiger partial charge in [0.2, 0.25) is 0 Å². The molecule has 3 saturated carbocycles. The zero-order valence-corrected chi connectivity index (χ0v) is 16.1. The molecule has 0 radical (unpaired) electrons. The molecule has 3 heteroatoms. The van der Waals surface area contributed by atoms with Gasteiger partial charge in [0, 0.05) is 11.8 Å². The normalized spacial score (nSPS) is 52.0. The Kier molecular flexibility index (Phi) is 3.69. The van der Waals surface area contributed by atoms with Gasteiger partial charge >= 0.3 is 0 Å². The highest BCUT2D eigenvalue weighted by atomic mass is 16.3. The first-order chi connectivity index (χ1) is 11.6. The minimum Gasteiger partial charge on any atom is -0.382 e. The van der Waals surface area contributed by atoms with E-state index in [1.165, 1.54) is 5.57 Å². The van der Waals surface area contributed by atoms with Crippen molar-refractivity contribution in [3.05, 3.63) is 11.6 Å². The number of Topliss-reactive ketones (excluding diaryl/α,β-unsaturated/α-hetero) is 1. The minimum absolute atomic E-state index is 0.0464. The highest BCUT2D eigenvalue weighted by Crippen LogP contribution is 2.68. The van der Waals surface area contributed by atoms with E-state index in [1.54, 1.807) is 6.92 Å². The summed E-state index contributed by atoms with van der Waals surface area (Å²) in [6.07, 6.45) is 8.31. The number of hydrogen-bond acceptors (Lipinski definition) is 3. The van der Waals surface area contributed by atoms with E-state index in [-0.39, 0.29) is 16.6 Å². The Morgan fingerprint density at radius 2 is 1.84 bits per heavy atom. The van der Waals surface area contributed by atoms with E-state index in [9.17, 15) is 14.7 Å². The van der Waals surface area contributed by atoms with Crippen LogP contribution in [0.5, 0.6) is 0 Å². The lowest BCUT2D eigenvalue weighted by molar-refractivity contribution is -0.161. The fourth-order valence-electron chi connectivity index (χ4n) is 7.58. The van der Waals surface area contributed by atoms with Crippen molar-refractivity contribution in [2.45, 2.75) is 78.2 Å². The van der Waals surface area contributed by atoms with Gasteiger partial charge in [-0.15, -0.1) is 0 Å². The molecule has 0 bridgehead atoms. The molecule has 7 atom stereocenters. The van der Waals surface area contributed by atoms with Crippen LogP contribution in [0.4, 0.5) is 0 Å². The number of allylic oxidation sites excluding steroid dienone is 1. The monoisotopic (exact) mass is 344 g/mol. The molecular formula is C22H32O3. The summed E-state index contributed by atoms with van der Waals surface area (Å²) in [5, 5.41) is 11.2. The lowest BCUT2D eigenvalue weighted by Gasteiger charge is -2.60. The molecule has 0 aromatic heterocycles. The highest BCUT2D eigenvalue weighted by Gasteiger charge is 2.66. The van der Waals surface area contributed by atoms with Crippen molar-refractivity contribution in [1.82, 2.24) is 0 Å². The summed E-state index contributed by atoms with van der Waals surface area (Å²) in [5.74, 6) is 2.27. The first kappa shape index (κ1) is 17.5. The van der Waals surface area contributed by atoms with Crippen molar-refractivity contribution >= 4 is 11.6 Å². The number of rotatable bonds is 1. The Bertz CT molecular complexity index is 664. The molecule has 0 aromatic carbocycles. The van der Waals surface area contributed by atoms with Crippen molar-refractivity contribution in [3.63, 3.8) is 0 Å². The number of hydrogen-bond donors (Lipinski definition) is 1. The van der Waals surface area contributed by atoms with Gasteiger partial charge in [-0.05, 0) is 80.6 Å². The molecule has 0 heterocycles. The summed E-state index contributed by atoms with van der Waals surface area (Å²) in [5.41, 5.74) is 0.107. The van der Waals surface area contributed by atoms with Gasteiger partial charge in [-0.1, -0.05) is 26.3 Å². The quantitative estimate of drug-likeness (QED) is 0.779. The van der Waals surface area contributed by atoms with Gasteiger partial charge in [-0.2, -0.15) is 0 Å². The van der Waals surface area contributed by atoms with Crippen LogP contribution in [0, 0.1) is 34.5 Å². The average Bonchev–Trinajstić information content (AvgIpc) is 2.83. The second-order valence-electron chi connectivity index (χ2n) is 9.91. The lowest BCUT2D eigenvalue weighted by atomic mass is 9.45. The molecule has 138 valence electrons. The third-order valence-corrected chi connectivity index (χ3v) is 9.01. The lowest BCUT2D eigenvalue weighted by Crippen LogP contribution is -2.57. The van der Waals surface area contributed by atoms with Crippen LogP contribution in [0.3, 0.4) is 0 Å². The summed E-state index contributed by atoms with van der Waals surface area (Å²) in [7, 11) is 0. The SMILES string of the molecule is CC(=O)[C@@]1(O)CC[C@@H]2[C@@H]3C[C@H](C)C4=CC(=O)CC[C@]4(C)[C@@H]3CC[C@@]21C. The molecule has 0 aromatic rings. The van der Waals surface area contributed by atoms with Gasteiger partial charge < -0.3 is 5.11 Å². The Labute approximate surface area is 151 Å². The van der Waals surface area contributed by atoms with Crippen molar-refractivity contribution in [1.29, 1.82) is 0 Å². The van der Waals surface area contributed by atoms with Crippen LogP contribution in [-0.4, -0.2) is 22.3 Å². The predicted molar refractivity (Wildman–Crippen MR) is 96.9 cm³/mol. The fourth-order valence-corrected chi connectivity index (χ4v) is 7.58. The molecule has 0 unspecified atom stereocenters. The molecule has 1 N–H and O–H groups in total. The van der Waals surface area contributed by atoms with Gasteiger partial charge in [0.05, 0.1) is 0 Å². The van der Waals surface area contributed by atoms with Gasteiger partial charge in [-0.25, -0.2) is 0 Å². The second kappa shape index (κ2) is 5.28. The Balaban J connectivity index is 1.73. The van der Waals surface area contributed by atoms with Crippen LogP contribution in [0.25, 0.3) is 0 Å². The molecule has 4 aliphatic carbocycles. The summed E-state index contributed by atoms with van der Waals surface area (Å²) >= 11 is 0. The van der Waals surface area contributed by atoms with E-state index in [0.717, 1.165) is 32.1 Å². The summed E-state index contributed by atoms with van der Waals surface area (Å²) in [6.45, 7) is 8.40. The molecule has 3 nitrogen and oxygen atoms in total. The minimum atomic E-state index is -1.13. The van der Waals surface area contributed by atoms with E-state index >= 15 is 0 Å². The molecule has 4 rings (SSSR count). The largest absolute Gasteiger partial charge is 0.382 e.